The summed E-state index contributed by atoms with van der Waals surface area (Å²) in [7, 11) is 0. The summed E-state index contributed by atoms with van der Waals surface area (Å²) >= 11 is 0. The van der Waals surface area contributed by atoms with Crippen molar-refractivity contribution >= 4 is 17.6 Å². The number of esters is 1. The van der Waals surface area contributed by atoms with Crippen molar-refractivity contribution in [3.8, 4) is 0 Å². The summed E-state index contributed by atoms with van der Waals surface area (Å²) in [6.45, 7) is 4.88. The van der Waals surface area contributed by atoms with Crippen LogP contribution in [-0.2, 0) is 25.5 Å². The molecule has 1 amide bonds. The second kappa shape index (κ2) is 5.99. The SMILES string of the molecule is CCCOC(=O)C1C2C=CC3(CN(c4ccc(CC)cc4)C(=O)C13)O2. The Bertz CT molecular complexity index is 726. The molecular weight excluding hydrogens is 318 g/mol. The van der Waals surface area contributed by atoms with Crippen LogP contribution in [0.3, 0.4) is 0 Å². The predicted molar refractivity (Wildman–Crippen MR) is 93.1 cm³/mol. The smallest absolute Gasteiger partial charge is 0.312 e. The number of hydrogen-bond acceptors (Lipinski definition) is 4. The van der Waals surface area contributed by atoms with Crippen molar-refractivity contribution in [3.63, 3.8) is 0 Å². The van der Waals surface area contributed by atoms with E-state index >= 15 is 0 Å². The standard InChI is InChI=1S/C20H23NO4/c1-3-11-24-19(23)16-15-9-10-20(25-15)12-21(18(22)17(16)20)14-7-5-13(4-2)6-8-14/h5-10,15-17H,3-4,11-12H2,1-2H3. The van der Waals surface area contributed by atoms with E-state index in [1.165, 1.54) is 5.56 Å². The topological polar surface area (TPSA) is 55.8 Å². The molecule has 1 aromatic carbocycles. The van der Waals surface area contributed by atoms with E-state index in [-0.39, 0.29) is 18.0 Å². The van der Waals surface area contributed by atoms with Gasteiger partial charge >= 0.3 is 5.97 Å². The fourth-order valence-electron chi connectivity index (χ4n) is 4.20. The molecule has 0 aromatic heterocycles. The fourth-order valence-corrected chi connectivity index (χ4v) is 4.20. The summed E-state index contributed by atoms with van der Waals surface area (Å²) in [4.78, 5) is 27.4. The zero-order valence-corrected chi connectivity index (χ0v) is 14.6. The zero-order chi connectivity index (χ0) is 17.6. The Kier molecular flexibility index (Phi) is 3.91. The van der Waals surface area contributed by atoms with Crippen LogP contribution < -0.4 is 4.90 Å². The number of rotatable bonds is 5. The van der Waals surface area contributed by atoms with Crippen LogP contribution >= 0.6 is 0 Å². The van der Waals surface area contributed by atoms with E-state index in [4.69, 9.17) is 9.47 Å². The average Bonchev–Trinajstić information content (AvgIpc) is 3.28. The van der Waals surface area contributed by atoms with Crippen LogP contribution in [0.5, 0.6) is 0 Å². The van der Waals surface area contributed by atoms with Gasteiger partial charge in [-0.15, -0.1) is 0 Å². The first kappa shape index (κ1) is 16.3. The number of aryl methyl sites for hydroxylation is 1. The van der Waals surface area contributed by atoms with Gasteiger partial charge in [-0.25, -0.2) is 0 Å². The molecule has 0 aliphatic carbocycles. The van der Waals surface area contributed by atoms with E-state index in [9.17, 15) is 9.59 Å². The third-order valence-corrected chi connectivity index (χ3v) is 5.48. The normalized spacial score (nSPS) is 32.3. The molecule has 0 N–H and O–H groups in total. The van der Waals surface area contributed by atoms with Crippen LogP contribution in [0, 0.1) is 11.8 Å². The Balaban J connectivity index is 1.61. The van der Waals surface area contributed by atoms with Gasteiger partial charge in [-0.3, -0.25) is 9.59 Å². The van der Waals surface area contributed by atoms with Crippen LogP contribution in [0.15, 0.2) is 36.4 Å². The van der Waals surface area contributed by atoms with Crippen molar-refractivity contribution in [1.82, 2.24) is 0 Å². The Morgan fingerprint density at radius 2 is 2.08 bits per heavy atom. The lowest BCUT2D eigenvalue weighted by Crippen LogP contribution is -2.40. The second-order valence-electron chi connectivity index (χ2n) is 7.01. The van der Waals surface area contributed by atoms with Gasteiger partial charge in [-0.1, -0.05) is 38.1 Å². The largest absolute Gasteiger partial charge is 0.465 e. The highest BCUT2D eigenvalue weighted by Gasteiger charge is 2.67. The number of ether oxygens (including phenoxy) is 2. The third kappa shape index (κ3) is 2.41. The molecule has 0 saturated carbocycles. The van der Waals surface area contributed by atoms with Crippen molar-refractivity contribution in [1.29, 1.82) is 0 Å². The fraction of sp³-hybridized carbons (Fsp3) is 0.500. The quantitative estimate of drug-likeness (QED) is 0.610. The lowest BCUT2D eigenvalue weighted by atomic mass is 9.77. The van der Waals surface area contributed by atoms with Gasteiger partial charge in [0.05, 0.1) is 25.2 Å². The van der Waals surface area contributed by atoms with Crippen LogP contribution in [0.4, 0.5) is 5.69 Å². The summed E-state index contributed by atoms with van der Waals surface area (Å²) in [6, 6.07) is 8.01. The minimum absolute atomic E-state index is 0.0467. The molecule has 3 aliphatic heterocycles. The molecule has 4 rings (SSSR count). The first-order valence-electron chi connectivity index (χ1n) is 9.04. The van der Waals surface area contributed by atoms with Crippen molar-refractivity contribution < 1.29 is 19.1 Å². The minimum Gasteiger partial charge on any atom is -0.465 e. The molecule has 5 heteroatoms. The predicted octanol–water partition coefficient (Wildman–Crippen LogP) is 2.49. The van der Waals surface area contributed by atoms with E-state index < -0.39 is 17.4 Å². The molecule has 25 heavy (non-hydrogen) atoms. The van der Waals surface area contributed by atoms with Gasteiger partial charge in [-0.2, -0.15) is 0 Å². The summed E-state index contributed by atoms with van der Waals surface area (Å²) in [6.07, 6.45) is 5.25. The Hall–Kier alpha value is -2.14. The molecule has 2 saturated heterocycles. The maximum Gasteiger partial charge on any atom is 0.312 e. The van der Waals surface area contributed by atoms with Gasteiger partial charge < -0.3 is 14.4 Å². The monoisotopic (exact) mass is 341 g/mol. The van der Waals surface area contributed by atoms with Crippen LogP contribution in [0.2, 0.25) is 0 Å². The van der Waals surface area contributed by atoms with E-state index in [0.29, 0.717) is 13.2 Å². The van der Waals surface area contributed by atoms with E-state index in [1.807, 2.05) is 43.3 Å². The van der Waals surface area contributed by atoms with E-state index in [2.05, 4.69) is 6.92 Å². The van der Waals surface area contributed by atoms with Gasteiger partial charge in [-0.05, 0) is 30.5 Å². The molecule has 3 aliphatic rings. The molecule has 5 nitrogen and oxygen atoms in total. The molecule has 1 spiro atoms. The molecule has 3 heterocycles. The van der Waals surface area contributed by atoms with Gasteiger partial charge in [0.1, 0.15) is 11.5 Å². The van der Waals surface area contributed by atoms with Crippen molar-refractivity contribution in [2.24, 2.45) is 11.8 Å². The number of hydrogen-bond donors (Lipinski definition) is 0. The van der Waals surface area contributed by atoms with Crippen molar-refractivity contribution in [3.05, 3.63) is 42.0 Å². The number of nitrogens with zero attached hydrogens (tertiary/aromatic N) is 1. The molecular formula is C20H23NO4. The van der Waals surface area contributed by atoms with Gasteiger partial charge in [0, 0.05) is 5.69 Å². The average molecular weight is 341 g/mol. The Labute approximate surface area is 147 Å². The number of carbonyl (C=O) groups excluding carboxylic acids is 2. The minimum atomic E-state index is -0.693. The van der Waals surface area contributed by atoms with Crippen LogP contribution in [0.1, 0.15) is 25.8 Å². The lowest BCUT2D eigenvalue weighted by Gasteiger charge is -2.22. The number of anilines is 1. The van der Waals surface area contributed by atoms with Gasteiger partial charge in [0.15, 0.2) is 0 Å². The van der Waals surface area contributed by atoms with Crippen molar-refractivity contribution in [2.45, 2.75) is 38.4 Å². The Morgan fingerprint density at radius 3 is 2.76 bits per heavy atom. The van der Waals surface area contributed by atoms with Crippen molar-refractivity contribution in [2.75, 3.05) is 18.1 Å². The number of benzene rings is 1. The highest BCUT2D eigenvalue weighted by molar-refractivity contribution is 6.02. The highest BCUT2D eigenvalue weighted by atomic mass is 16.6. The number of amides is 1. The third-order valence-electron chi connectivity index (χ3n) is 5.48. The second-order valence-corrected chi connectivity index (χ2v) is 7.01. The molecule has 0 radical (unpaired) electrons. The first-order chi connectivity index (χ1) is 12.1. The lowest BCUT2D eigenvalue weighted by molar-refractivity contribution is -0.152. The molecule has 4 unspecified atom stereocenters. The first-order valence-corrected chi connectivity index (χ1v) is 9.04. The number of carbonyl (C=O) groups is 2. The number of fused-ring (bicyclic) bond motifs is 1. The van der Waals surface area contributed by atoms with Crippen LogP contribution in [0.25, 0.3) is 0 Å². The molecule has 2 bridgehead atoms. The van der Waals surface area contributed by atoms with Gasteiger partial charge in [0.2, 0.25) is 5.91 Å². The summed E-state index contributed by atoms with van der Waals surface area (Å²) in [5, 5.41) is 0. The molecule has 2 fully saturated rings. The Morgan fingerprint density at radius 1 is 1.32 bits per heavy atom. The molecule has 4 atom stereocenters. The highest BCUT2D eigenvalue weighted by Crippen LogP contribution is 2.52. The molecule has 1 aromatic rings. The van der Waals surface area contributed by atoms with Crippen LogP contribution in [-0.4, -0.2) is 36.7 Å². The maximum absolute atomic E-state index is 13.1. The maximum atomic E-state index is 13.1. The molecule has 132 valence electrons. The van der Waals surface area contributed by atoms with E-state index in [1.54, 1.807) is 4.90 Å². The summed E-state index contributed by atoms with van der Waals surface area (Å²) in [5.41, 5.74) is 1.39. The van der Waals surface area contributed by atoms with Gasteiger partial charge in [0.25, 0.3) is 0 Å². The zero-order valence-electron chi connectivity index (χ0n) is 14.6. The summed E-state index contributed by atoms with van der Waals surface area (Å²) in [5.74, 6) is -1.39. The van der Waals surface area contributed by atoms with E-state index in [0.717, 1.165) is 18.5 Å². The summed E-state index contributed by atoms with van der Waals surface area (Å²) < 4.78 is 11.4.